The summed E-state index contributed by atoms with van der Waals surface area (Å²) in [7, 11) is 1.86. The lowest BCUT2D eigenvalue weighted by Gasteiger charge is -2.11. The van der Waals surface area contributed by atoms with Gasteiger partial charge in [0.15, 0.2) is 5.82 Å². The predicted octanol–water partition coefficient (Wildman–Crippen LogP) is 3.56. The molecule has 1 N–H and O–H groups in total. The van der Waals surface area contributed by atoms with E-state index in [0.717, 1.165) is 32.9 Å². The van der Waals surface area contributed by atoms with Gasteiger partial charge in [-0.2, -0.15) is 0 Å². The number of hydrogen-bond acceptors (Lipinski definition) is 3. The van der Waals surface area contributed by atoms with Crippen LogP contribution in [0.1, 0.15) is 11.4 Å². The Balaban J connectivity index is 2.67. The molecule has 0 aliphatic rings. The summed E-state index contributed by atoms with van der Waals surface area (Å²) in [5, 5.41) is 3.09. The number of anilines is 1. The topological polar surface area (TPSA) is 37.8 Å². The highest BCUT2D eigenvalue weighted by molar-refractivity contribution is 9.10. The number of nitrogens with zero attached hydrogens (tertiary/aromatic N) is 2. The van der Waals surface area contributed by atoms with Gasteiger partial charge in [0.1, 0.15) is 5.69 Å². The molecule has 3 nitrogen and oxygen atoms in total. The van der Waals surface area contributed by atoms with Gasteiger partial charge in [0.05, 0.1) is 11.4 Å². The maximum absolute atomic E-state index is 4.62. The summed E-state index contributed by atoms with van der Waals surface area (Å²) in [4.78, 5) is 9.13. The van der Waals surface area contributed by atoms with E-state index in [2.05, 4.69) is 31.2 Å². The van der Waals surface area contributed by atoms with Crippen molar-refractivity contribution in [3.63, 3.8) is 0 Å². The molecule has 0 spiro atoms. The van der Waals surface area contributed by atoms with E-state index in [0.29, 0.717) is 0 Å². The Morgan fingerprint density at radius 1 is 1.06 bits per heavy atom. The average Bonchev–Trinajstić information content (AvgIpc) is 2.33. The summed E-state index contributed by atoms with van der Waals surface area (Å²) in [6.07, 6.45) is 0. The zero-order chi connectivity index (χ0) is 12.4. The van der Waals surface area contributed by atoms with Crippen LogP contribution in [0.4, 0.5) is 5.82 Å². The molecule has 0 unspecified atom stereocenters. The lowest BCUT2D eigenvalue weighted by atomic mass is 10.1. The number of nitrogens with one attached hydrogen (secondary N) is 1. The van der Waals surface area contributed by atoms with E-state index >= 15 is 0 Å². The van der Waals surface area contributed by atoms with Gasteiger partial charge < -0.3 is 5.32 Å². The van der Waals surface area contributed by atoms with Crippen LogP contribution in [0.25, 0.3) is 11.3 Å². The monoisotopic (exact) mass is 291 g/mol. The molecule has 17 heavy (non-hydrogen) atoms. The van der Waals surface area contributed by atoms with Crippen LogP contribution in [0.5, 0.6) is 0 Å². The standard InChI is InChI=1S/C13H14BrN3/c1-8-9(2)17-13(15-3)12(16-8)10-6-4-5-7-11(10)14/h4-7H,1-3H3,(H,15,17). The van der Waals surface area contributed by atoms with Gasteiger partial charge in [-0.25, -0.2) is 9.97 Å². The van der Waals surface area contributed by atoms with Gasteiger partial charge >= 0.3 is 0 Å². The van der Waals surface area contributed by atoms with Crippen LogP contribution in [0.3, 0.4) is 0 Å². The minimum Gasteiger partial charge on any atom is -0.371 e. The zero-order valence-corrected chi connectivity index (χ0v) is 11.7. The summed E-state index contributed by atoms with van der Waals surface area (Å²) in [6, 6.07) is 8.02. The second-order valence-electron chi connectivity index (χ2n) is 3.82. The van der Waals surface area contributed by atoms with Gasteiger partial charge in [0.25, 0.3) is 0 Å². The summed E-state index contributed by atoms with van der Waals surface area (Å²) < 4.78 is 1.02. The molecule has 0 radical (unpaired) electrons. The SMILES string of the molecule is CNc1nc(C)c(C)nc1-c1ccccc1Br. The maximum atomic E-state index is 4.62. The summed E-state index contributed by atoms with van der Waals surface area (Å²) in [5.74, 6) is 0.806. The first kappa shape index (κ1) is 12.0. The van der Waals surface area contributed by atoms with E-state index in [4.69, 9.17) is 0 Å². The third-order valence-corrected chi connectivity index (χ3v) is 3.36. The molecule has 0 saturated heterocycles. The van der Waals surface area contributed by atoms with Gasteiger partial charge in [-0.1, -0.05) is 34.1 Å². The Kier molecular flexibility index (Phi) is 3.43. The van der Waals surface area contributed by atoms with Crippen LogP contribution < -0.4 is 5.32 Å². The van der Waals surface area contributed by atoms with Crippen LogP contribution >= 0.6 is 15.9 Å². The van der Waals surface area contributed by atoms with E-state index in [1.54, 1.807) is 0 Å². The summed E-state index contributed by atoms with van der Waals surface area (Å²) >= 11 is 3.54. The van der Waals surface area contributed by atoms with Crippen LogP contribution in [-0.2, 0) is 0 Å². The Hall–Kier alpha value is -1.42. The van der Waals surface area contributed by atoms with E-state index < -0.39 is 0 Å². The molecular formula is C13H14BrN3. The number of hydrogen-bond donors (Lipinski definition) is 1. The van der Waals surface area contributed by atoms with E-state index in [9.17, 15) is 0 Å². The van der Waals surface area contributed by atoms with Crippen LogP contribution in [0.15, 0.2) is 28.7 Å². The minimum atomic E-state index is 0.806. The molecule has 0 atom stereocenters. The van der Waals surface area contributed by atoms with Crippen molar-refractivity contribution in [3.05, 3.63) is 40.1 Å². The highest BCUT2D eigenvalue weighted by Crippen LogP contribution is 2.31. The Morgan fingerprint density at radius 3 is 2.35 bits per heavy atom. The van der Waals surface area contributed by atoms with Crippen LogP contribution in [0.2, 0.25) is 0 Å². The smallest absolute Gasteiger partial charge is 0.152 e. The molecule has 1 heterocycles. The van der Waals surface area contributed by atoms with Crippen LogP contribution in [0, 0.1) is 13.8 Å². The van der Waals surface area contributed by atoms with Crippen LogP contribution in [-0.4, -0.2) is 17.0 Å². The molecule has 1 aromatic heterocycles. The molecule has 2 rings (SSSR count). The van der Waals surface area contributed by atoms with Gasteiger partial charge in [0, 0.05) is 17.1 Å². The molecule has 0 saturated carbocycles. The minimum absolute atomic E-state index is 0.806. The third kappa shape index (κ3) is 2.31. The van der Waals surface area contributed by atoms with E-state index in [1.807, 2.05) is 45.2 Å². The average molecular weight is 292 g/mol. The van der Waals surface area contributed by atoms with Crippen molar-refractivity contribution in [1.82, 2.24) is 9.97 Å². The number of halogens is 1. The molecule has 4 heteroatoms. The van der Waals surface area contributed by atoms with Crippen molar-refractivity contribution >= 4 is 21.7 Å². The van der Waals surface area contributed by atoms with Crippen molar-refractivity contribution < 1.29 is 0 Å². The molecule has 88 valence electrons. The summed E-state index contributed by atoms with van der Waals surface area (Å²) in [6.45, 7) is 3.94. The van der Waals surface area contributed by atoms with E-state index in [-0.39, 0.29) is 0 Å². The van der Waals surface area contributed by atoms with Crippen molar-refractivity contribution in [1.29, 1.82) is 0 Å². The summed E-state index contributed by atoms with van der Waals surface area (Å²) in [5.41, 5.74) is 3.83. The van der Waals surface area contributed by atoms with E-state index in [1.165, 1.54) is 0 Å². The molecule has 0 fully saturated rings. The first-order valence-corrected chi connectivity index (χ1v) is 6.20. The van der Waals surface area contributed by atoms with Gasteiger partial charge in [-0.3, -0.25) is 0 Å². The quantitative estimate of drug-likeness (QED) is 0.919. The zero-order valence-electron chi connectivity index (χ0n) is 10.1. The van der Waals surface area contributed by atoms with Gasteiger partial charge in [0.2, 0.25) is 0 Å². The van der Waals surface area contributed by atoms with Gasteiger partial charge in [-0.05, 0) is 19.9 Å². The maximum Gasteiger partial charge on any atom is 0.152 e. The fourth-order valence-electron chi connectivity index (χ4n) is 1.62. The highest BCUT2D eigenvalue weighted by atomic mass is 79.9. The van der Waals surface area contributed by atoms with Crippen molar-refractivity contribution in [2.75, 3.05) is 12.4 Å². The van der Waals surface area contributed by atoms with Crippen molar-refractivity contribution in [3.8, 4) is 11.3 Å². The molecule has 1 aromatic carbocycles. The number of benzene rings is 1. The lowest BCUT2D eigenvalue weighted by molar-refractivity contribution is 1.05. The molecule has 0 amide bonds. The highest BCUT2D eigenvalue weighted by Gasteiger charge is 2.12. The molecule has 0 bridgehead atoms. The predicted molar refractivity (Wildman–Crippen MR) is 74.2 cm³/mol. The molecular weight excluding hydrogens is 278 g/mol. The van der Waals surface area contributed by atoms with Crippen molar-refractivity contribution in [2.45, 2.75) is 13.8 Å². The Morgan fingerprint density at radius 2 is 1.71 bits per heavy atom. The lowest BCUT2D eigenvalue weighted by Crippen LogP contribution is -2.03. The second-order valence-corrected chi connectivity index (χ2v) is 4.68. The third-order valence-electron chi connectivity index (χ3n) is 2.67. The molecule has 2 aromatic rings. The molecule has 0 aliphatic heterocycles. The molecule has 0 aliphatic carbocycles. The van der Waals surface area contributed by atoms with Crippen molar-refractivity contribution in [2.24, 2.45) is 0 Å². The first-order chi connectivity index (χ1) is 8.13. The number of aryl methyl sites for hydroxylation is 2. The Labute approximate surface area is 109 Å². The number of aromatic nitrogens is 2. The first-order valence-electron chi connectivity index (χ1n) is 5.41. The Bertz CT molecular complexity index is 552. The normalized spacial score (nSPS) is 10.4. The second kappa shape index (κ2) is 4.84. The fraction of sp³-hybridized carbons (Fsp3) is 0.231. The largest absolute Gasteiger partial charge is 0.371 e. The van der Waals surface area contributed by atoms with Gasteiger partial charge in [-0.15, -0.1) is 0 Å². The number of rotatable bonds is 2. The fourth-order valence-corrected chi connectivity index (χ4v) is 2.09.